The highest BCUT2D eigenvalue weighted by Gasteiger charge is 2.34. The van der Waals surface area contributed by atoms with Crippen LogP contribution in [-0.4, -0.2) is 12.5 Å². The molecule has 0 aliphatic heterocycles. The molecule has 2 aromatic rings. The minimum absolute atomic E-state index is 0.301. The van der Waals surface area contributed by atoms with Crippen molar-refractivity contribution in [2.75, 3.05) is 11.9 Å². The molecule has 1 N–H and O–H groups in total. The zero-order valence-corrected chi connectivity index (χ0v) is 16.2. The van der Waals surface area contributed by atoms with Crippen LogP contribution in [0, 0.1) is 17.4 Å². The van der Waals surface area contributed by atoms with Gasteiger partial charge >= 0.3 is 6.18 Å². The molecule has 0 atom stereocenters. The SMILES string of the molecule is Cc1cc(OCC(=O)Nc2ccc(I)cc2C(F)(F)F)cc(C)c1Cl. The average Bonchev–Trinajstić information content (AvgIpc) is 2.51. The molecule has 3 nitrogen and oxygen atoms in total. The molecular formula is C17H14ClF3INO2. The number of alkyl halides is 3. The zero-order valence-electron chi connectivity index (χ0n) is 13.3. The van der Waals surface area contributed by atoms with Gasteiger partial charge in [-0.25, -0.2) is 0 Å². The molecular weight excluding hydrogens is 470 g/mol. The van der Waals surface area contributed by atoms with E-state index < -0.39 is 24.3 Å². The van der Waals surface area contributed by atoms with Gasteiger partial charge in [0, 0.05) is 8.59 Å². The van der Waals surface area contributed by atoms with Gasteiger partial charge in [0.1, 0.15) is 5.75 Å². The first-order valence-corrected chi connectivity index (χ1v) is 8.59. The van der Waals surface area contributed by atoms with E-state index in [9.17, 15) is 18.0 Å². The molecule has 25 heavy (non-hydrogen) atoms. The standard InChI is InChI=1S/C17H14ClF3INO2/c1-9-5-12(6-10(2)16(9)18)25-8-15(24)23-14-4-3-11(22)7-13(14)17(19,20)21/h3-7H,8H2,1-2H3,(H,23,24). The predicted molar refractivity (Wildman–Crippen MR) is 99.2 cm³/mol. The van der Waals surface area contributed by atoms with E-state index in [1.807, 2.05) is 0 Å². The van der Waals surface area contributed by atoms with Crippen LogP contribution in [0.2, 0.25) is 5.02 Å². The number of aryl methyl sites for hydroxylation is 2. The molecule has 0 aliphatic carbocycles. The van der Waals surface area contributed by atoms with Gasteiger partial charge in [-0.1, -0.05) is 11.6 Å². The van der Waals surface area contributed by atoms with Crippen molar-refractivity contribution < 1.29 is 22.7 Å². The van der Waals surface area contributed by atoms with Gasteiger partial charge in [0.05, 0.1) is 11.3 Å². The lowest BCUT2D eigenvalue weighted by Crippen LogP contribution is -2.22. The van der Waals surface area contributed by atoms with Gasteiger partial charge in [-0.05, 0) is 77.9 Å². The number of carbonyl (C=O) groups excluding carboxylic acids is 1. The summed E-state index contributed by atoms with van der Waals surface area (Å²) < 4.78 is 44.9. The van der Waals surface area contributed by atoms with Gasteiger partial charge in [0.15, 0.2) is 6.61 Å². The number of carbonyl (C=O) groups is 1. The fourth-order valence-electron chi connectivity index (χ4n) is 2.18. The summed E-state index contributed by atoms with van der Waals surface area (Å²) in [5, 5.41) is 2.84. The smallest absolute Gasteiger partial charge is 0.418 e. The highest BCUT2D eigenvalue weighted by Crippen LogP contribution is 2.35. The number of anilines is 1. The Bertz CT molecular complexity index is 786. The Morgan fingerprint density at radius 3 is 2.36 bits per heavy atom. The van der Waals surface area contributed by atoms with Crippen LogP contribution in [0.4, 0.5) is 18.9 Å². The highest BCUT2D eigenvalue weighted by atomic mass is 127. The van der Waals surface area contributed by atoms with Crippen LogP contribution in [-0.2, 0) is 11.0 Å². The van der Waals surface area contributed by atoms with Gasteiger partial charge < -0.3 is 10.1 Å². The third-order valence-electron chi connectivity index (χ3n) is 3.34. The van der Waals surface area contributed by atoms with Crippen LogP contribution in [0.15, 0.2) is 30.3 Å². The average molecular weight is 484 g/mol. The molecule has 0 heterocycles. The molecule has 134 valence electrons. The second kappa shape index (κ2) is 7.82. The number of rotatable bonds is 4. The Morgan fingerprint density at radius 2 is 1.80 bits per heavy atom. The van der Waals surface area contributed by atoms with E-state index in [2.05, 4.69) is 5.32 Å². The van der Waals surface area contributed by atoms with Crippen LogP contribution in [0.3, 0.4) is 0 Å². The van der Waals surface area contributed by atoms with Crippen LogP contribution in [0.25, 0.3) is 0 Å². The fraction of sp³-hybridized carbons (Fsp3) is 0.235. The maximum Gasteiger partial charge on any atom is 0.418 e. The molecule has 0 aliphatic rings. The van der Waals surface area contributed by atoms with Crippen molar-refractivity contribution in [1.29, 1.82) is 0 Å². The number of nitrogens with one attached hydrogen (secondary N) is 1. The van der Waals surface area contributed by atoms with Crippen molar-refractivity contribution in [2.45, 2.75) is 20.0 Å². The Morgan fingerprint density at radius 1 is 1.20 bits per heavy atom. The van der Waals surface area contributed by atoms with Crippen molar-refractivity contribution in [1.82, 2.24) is 0 Å². The molecule has 0 unspecified atom stereocenters. The molecule has 0 fully saturated rings. The van der Waals surface area contributed by atoms with Crippen LogP contribution >= 0.6 is 34.2 Å². The molecule has 1 amide bonds. The number of hydrogen-bond donors (Lipinski definition) is 1. The summed E-state index contributed by atoms with van der Waals surface area (Å²) in [5.74, 6) is -0.259. The molecule has 0 saturated carbocycles. The van der Waals surface area contributed by atoms with Gasteiger partial charge in [0.2, 0.25) is 0 Å². The molecule has 2 rings (SSSR count). The summed E-state index contributed by atoms with van der Waals surface area (Å²) in [6.45, 7) is 3.18. The second-order valence-corrected chi connectivity index (χ2v) is 7.02. The minimum atomic E-state index is -4.56. The van der Waals surface area contributed by atoms with Crippen LogP contribution in [0.1, 0.15) is 16.7 Å². The summed E-state index contributed by atoms with van der Waals surface area (Å²) in [6, 6.07) is 7.00. The van der Waals surface area contributed by atoms with Crippen molar-refractivity contribution in [3.05, 3.63) is 55.6 Å². The molecule has 0 bridgehead atoms. The van der Waals surface area contributed by atoms with Gasteiger partial charge in [-0.3, -0.25) is 4.79 Å². The maximum absolute atomic E-state index is 13.1. The monoisotopic (exact) mass is 483 g/mol. The maximum atomic E-state index is 13.1. The fourth-order valence-corrected chi connectivity index (χ4v) is 2.78. The lowest BCUT2D eigenvalue weighted by Gasteiger charge is -2.15. The number of halogens is 5. The number of benzene rings is 2. The molecule has 0 saturated heterocycles. The van der Waals surface area contributed by atoms with E-state index in [-0.39, 0.29) is 5.69 Å². The first-order valence-electron chi connectivity index (χ1n) is 7.14. The van der Waals surface area contributed by atoms with Gasteiger partial charge in [0.25, 0.3) is 5.91 Å². The van der Waals surface area contributed by atoms with E-state index in [0.29, 0.717) is 14.3 Å². The van der Waals surface area contributed by atoms with Crippen molar-refractivity contribution in [2.24, 2.45) is 0 Å². The molecule has 2 aromatic carbocycles. The van der Waals surface area contributed by atoms with E-state index in [4.69, 9.17) is 16.3 Å². The topological polar surface area (TPSA) is 38.3 Å². The van der Waals surface area contributed by atoms with Crippen LogP contribution < -0.4 is 10.1 Å². The third-order valence-corrected chi connectivity index (χ3v) is 4.61. The van der Waals surface area contributed by atoms with E-state index in [1.54, 1.807) is 48.6 Å². The summed E-state index contributed by atoms with van der Waals surface area (Å²) >= 11 is 7.83. The summed E-state index contributed by atoms with van der Waals surface area (Å²) in [4.78, 5) is 12.0. The number of ether oxygens (including phenoxy) is 1. The number of amides is 1. The van der Waals surface area contributed by atoms with E-state index in [1.165, 1.54) is 12.1 Å². The first kappa shape index (κ1) is 19.8. The molecule has 0 radical (unpaired) electrons. The predicted octanol–water partition coefficient (Wildman–Crippen LogP) is 5.60. The van der Waals surface area contributed by atoms with Crippen LogP contribution in [0.5, 0.6) is 5.75 Å². The van der Waals surface area contributed by atoms with Crippen molar-refractivity contribution in [3.63, 3.8) is 0 Å². The molecule has 0 aromatic heterocycles. The Balaban J connectivity index is 2.09. The van der Waals surface area contributed by atoms with E-state index in [0.717, 1.165) is 17.2 Å². The highest BCUT2D eigenvalue weighted by molar-refractivity contribution is 14.1. The lowest BCUT2D eigenvalue weighted by atomic mass is 10.1. The van der Waals surface area contributed by atoms with Crippen molar-refractivity contribution >= 4 is 45.8 Å². The third kappa shape index (κ3) is 5.24. The Labute approximate surface area is 161 Å². The first-order chi connectivity index (χ1) is 11.6. The Hall–Kier alpha value is -1.48. The van der Waals surface area contributed by atoms with Gasteiger partial charge in [-0.15, -0.1) is 0 Å². The Kier molecular flexibility index (Phi) is 6.21. The van der Waals surface area contributed by atoms with Crippen molar-refractivity contribution in [3.8, 4) is 5.75 Å². The largest absolute Gasteiger partial charge is 0.484 e. The summed E-state index contributed by atoms with van der Waals surface area (Å²) in [7, 11) is 0. The lowest BCUT2D eigenvalue weighted by molar-refractivity contribution is -0.137. The molecule has 0 spiro atoms. The quantitative estimate of drug-likeness (QED) is 0.575. The second-order valence-electron chi connectivity index (χ2n) is 5.40. The normalized spacial score (nSPS) is 11.3. The van der Waals surface area contributed by atoms with E-state index >= 15 is 0 Å². The minimum Gasteiger partial charge on any atom is -0.484 e. The van der Waals surface area contributed by atoms with Gasteiger partial charge in [-0.2, -0.15) is 13.2 Å². The zero-order chi connectivity index (χ0) is 18.8. The molecule has 8 heteroatoms. The summed E-state index contributed by atoms with van der Waals surface area (Å²) in [5.41, 5.74) is 0.374. The number of hydrogen-bond acceptors (Lipinski definition) is 2. The summed E-state index contributed by atoms with van der Waals surface area (Å²) in [6.07, 6.45) is -4.56.